The molecule has 8 heterocycles. The second-order valence-electron chi connectivity index (χ2n) is 22.5. The van der Waals surface area contributed by atoms with Crippen LogP contribution in [0.1, 0.15) is 34.6 Å². The van der Waals surface area contributed by atoms with E-state index in [1.807, 2.05) is 74.0 Å². The molecule has 8 aromatic rings. The molecule has 0 saturated carbocycles. The minimum atomic E-state index is -1.29. The number of amides is 4. The van der Waals surface area contributed by atoms with Crippen molar-refractivity contribution in [1.82, 2.24) is 79.3 Å². The highest BCUT2D eigenvalue weighted by Gasteiger charge is 2.35. The molecule has 4 amide bonds. The molecule has 0 spiro atoms. The number of likely N-dealkylation sites (N-methyl/N-ethyl adjacent to an activating group) is 2. The van der Waals surface area contributed by atoms with E-state index in [4.69, 9.17) is 63.6 Å². The summed E-state index contributed by atoms with van der Waals surface area (Å²) < 4.78 is 11.6. The molecule has 2 aliphatic rings. The summed E-state index contributed by atoms with van der Waals surface area (Å²) >= 11 is 12.6. The van der Waals surface area contributed by atoms with Crippen molar-refractivity contribution in [3.05, 3.63) is 82.4 Å². The number of carbonyl (C=O) groups is 4. The molecular weight excluding hydrogens is 1100 g/mol. The maximum absolute atomic E-state index is 13.7. The van der Waals surface area contributed by atoms with Gasteiger partial charge in [0, 0.05) is 87.2 Å². The smallest absolute Gasteiger partial charge is 0.255 e. The zero-order chi connectivity index (χ0) is 58.7. The van der Waals surface area contributed by atoms with Crippen LogP contribution in [0.5, 0.6) is 0 Å². The summed E-state index contributed by atoms with van der Waals surface area (Å²) in [5.74, 6) is -1.65. The number of fused-ring (bicyclic) bond motifs is 4. The Morgan fingerprint density at radius 1 is 0.744 bits per heavy atom. The quantitative estimate of drug-likeness (QED) is 0.0587. The molecule has 2 saturated heterocycles. The summed E-state index contributed by atoms with van der Waals surface area (Å²) in [5, 5.41) is 36.2. The first-order valence-electron chi connectivity index (χ1n) is 27.0. The van der Waals surface area contributed by atoms with E-state index >= 15 is 0 Å². The zero-order valence-corrected chi connectivity index (χ0v) is 49.9. The van der Waals surface area contributed by atoms with Gasteiger partial charge in [-0.3, -0.25) is 28.5 Å². The summed E-state index contributed by atoms with van der Waals surface area (Å²) in [4.78, 5) is 81.4. The first-order valence-corrected chi connectivity index (χ1v) is 31.4. The van der Waals surface area contributed by atoms with E-state index in [1.54, 1.807) is 46.8 Å². The number of aromatic amines is 1. The van der Waals surface area contributed by atoms with Gasteiger partial charge in [-0.25, -0.2) is 19.9 Å². The molecule has 26 heteroatoms. The van der Waals surface area contributed by atoms with Gasteiger partial charge in [-0.1, -0.05) is 42.8 Å². The van der Waals surface area contributed by atoms with E-state index in [9.17, 15) is 19.2 Å². The third-order valence-corrected chi connectivity index (χ3v) is 16.5. The van der Waals surface area contributed by atoms with Gasteiger partial charge in [0.05, 0.1) is 71.6 Å². The van der Waals surface area contributed by atoms with Gasteiger partial charge in [0.15, 0.2) is 11.3 Å². The Bertz CT molecular complexity index is 3800. The van der Waals surface area contributed by atoms with Crippen LogP contribution in [0.3, 0.4) is 0 Å². The van der Waals surface area contributed by atoms with E-state index in [0.29, 0.717) is 101 Å². The predicted molar refractivity (Wildman–Crippen MR) is 315 cm³/mol. The molecular formula is C56H66Cl2N18O5Si. The first-order chi connectivity index (χ1) is 39.1. The van der Waals surface area contributed by atoms with E-state index in [0.717, 1.165) is 40.9 Å². The van der Waals surface area contributed by atoms with Crippen molar-refractivity contribution in [1.29, 1.82) is 10.5 Å². The fraction of sp³-hybridized carbons (Fsp3) is 0.429. The Kier molecular flexibility index (Phi) is 17.7. The summed E-state index contributed by atoms with van der Waals surface area (Å²) in [6.45, 7) is 15.4. The normalized spacial score (nSPS) is 14.6. The van der Waals surface area contributed by atoms with Gasteiger partial charge < -0.3 is 44.5 Å². The molecule has 428 valence electrons. The lowest BCUT2D eigenvalue weighted by molar-refractivity contribution is -0.138. The van der Waals surface area contributed by atoms with Crippen molar-refractivity contribution >= 4 is 99.0 Å². The number of carbonyl (C=O) groups excluding carboxylic acids is 4. The molecule has 0 unspecified atom stereocenters. The third kappa shape index (κ3) is 13.1. The van der Waals surface area contributed by atoms with Gasteiger partial charge in [0.25, 0.3) is 11.8 Å². The number of ether oxygens (including phenoxy) is 1. The summed E-state index contributed by atoms with van der Waals surface area (Å²) in [6.07, 6.45) is 6.49. The molecule has 3 N–H and O–H groups in total. The van der Waals surface area contributed by atoms with Gasteiger partial charge >= 0.3 is 0 Å². The number of rotatable bonds is 19. The molecule has 2 aliphatic heterocycles. The standard InChI is InChI=1S/C31H40ClN9O3Si.C25H26ClN9O2/c1-20(31(43)39-16-21(14-33)17-39)35-30(42)24-18-40(19-44-11-12-45(4,5)6)29-28(24)36-25(15-34-29)27-23-8-7-22(32)13-26(23)41(37-27)10-9-38(2)3;1-14(25(37)34-12-15(9-27)13-34)30-24(36)18-10-28-23-22(18)31-19(11-29-23)21-17-5-4-16(26)8-20(17)35(32-21)7-6-33(2)3/h7-8,13,15,18,20-21H,9-12,16-17,19H2,1-6H3,(H,35,42);4-5,8,10-11,14-15H,6-7,12-13H2,1-3H3,(H,28,29)(H,30,36)/t20-;14-/m11/s1. The first kappa shape index (κ1) is 58.8. The van der Waals surface area contributed by atoms with Crippen LogP contribution >= 0.6 is 23.2 Å². The maximum Gasteiger partial charge on any atom is 0.255 e. The lowest BCUT2D eigenvalue weighted by Gasteiger charge is -2.37. The summed E-state index contributed by atoms with van der Waals surface area (Å²) in [5.41, 5.74) is 6.34. The molecule has 2 fully saturated rings. The monoisotopic (exact) mass is 1170 g/mol. The zero-order valence-electron chi connectivity index (χ0n) is 47.4. The number of benzene rings is 2. The molecule has 2 atom stereocenters. The van der Waals surface area contributed by atoms with Gasteiger partial charge in [0.2, 0.25) is 11.8 Å². The van der Waals surface area contributed by atoms with Crippen LogP contribution in [-0.2, 0) is 34.1 Å². The summed E-state index contributed by atoms with van der Waals surface area (Å²) in [7, 11) is 6.72. The molecule has 10 rings (SSSR count). The second-order valence-corrected chi connectivity index (χ2v) is 29.0. The fourth-order valence-electron chi connectivity index (χ4n) is 9.45. The van der Waals surface area contributed by atoms with Crippen LogP contribution in [0.4, 0.5) is 0 Å². The number of likely N-dealkylation sites (tertiary alicyclic amines) is 2. The Hall–Kier alpha value is -7.84. The predicted octanol–water partition coefficient (Wildman–Crippen LogP) is 6.37. The minimum Gasteiger partial charge on any atom is -0.361 e. The average molecular weight is 1170 g/mol. The van der Waals surface area contributed by atoms with Crippen LogP contribution in [0, 0.1) is 34.5 Å². The van der Waals surface area contributed by atoms with Crippen molar-refractivity contribution in [3.63, 3.8) is 0 Å². The molecule has 0 radical (unpaired) electrons. The van der Waals surface area contributed by atoms with Crippen LogP contribution < -0.4 is 10.6 Å². The van der Waals surface area contributed by atoms with Gasteiger partial charge in [0.1, 0.15) is 52.6 Å². The third-order valence-electron chi connectivity index (χ3n) is 14.3. The number of aromatic nitrogens is 10. The highest BCUT2D eigenvalue weighted by atomic mass is 35.5. The molecule has 2 aromatic carbocycles. The summed E-state index contributed by atoms with van der Waals surface area (Å²) in [6, 6.07) is 15.0. The van der Waals surface area contributed by atoms with Gasteiger partial charge in [-0.15, -0.1) is 0 Å². The van der Waals surface area contributed by atoms with Crippen LogP contribution in [0.25, 0.3) is 66.9 Å². The number of H-pyrrole nitrogens is 1. The molecule has 23 nitrogen and oxygen atoms in total. The van der Waals surface area contributed by atoms with E-state index in [-0.39, 0.29) is 41.5 Å². The van der Waals surface area contributed by atoms with Crippen molar-refractivity contribution in [2.45, 2.75) is 71.4 Å². The lowest BCUT2D eigenvalue weighted by atomic mass is 10.0. The number of hydrogen-bond acceptors (Lipinski definition) is 15. The Balaban J connectivity index is 0.000000201. The Morgan fingerprint density at radius 3 is 1.72 bits per heavy atom. The van der Waals surface area contributed by atoms with E-state index in [1.165, 1.54) is 6.20 Å². The topological polar surface area (TPSA) is 270 Å². The second kappa shape index (κ2) is 24.7. The minimum absolute atomic E-state index is 0.146. The molecule has 6 aromatic heterocycles. The molecule has 0 bridgehead atoms. The van der Waals surface area contributed by atoms with Crippen LogP contribution in [0.2, 0.25) is 35.7 Å². The Morgan fingerprint density at radius 2 is 1.23 bits per heavy atom. The Labute approximate surface area is 485 Å². The lowest BCUT2D eigenvalue weighted by Crippen LogP contribution is -2.55. The van der Waals surface area contributed by atoms with Gasteiger partial charge in [-0.2, -0.15) is 20.7 Å². The SMILES string of the molecule is C[C@@H](NC(=O)c1c[nH]c2ncc(-c3nn(CCN(C)C)c4cc(Cl)ccc34)nc12)C(=O)N1CC(C#N)C1.C[C@@H](NC(=O)c1cn(COCC[Si](C)(C)C)c2ncc(-c3nn(CCN(C)C)c4cc(Cl)ccc34)nc12)C(=O)N1CC(C#N)C1. The van der Waals surface area contributed by atoms with Crippen molar-refractivity contribution in [2.24, 2.45) is 11.8 Å². The molecule has 0 aliphatic carbocycles. The number of nitrogens with zero attached hydrogens (tertiary/aromatic N) is 15. The largest absolute Gasteiger partial charge is 0.361 e. The van der Waals surface area contributed by atoms with E-state index < -0.39 is 32.0 Å². The number of halogens is 2. The van der Waals surface area contributed by atoms with Crippen molar-refractivity contribution in [3.8, 4) is 34.9 Å². The fourth-order valence-corrected chi connectivity index (χ4v) is 10.5. The average Bonchev–Trinajstić information content (AvgIpc) is 3.42. The van der Waals surface area contributed by atoms with Crippen LogP contribution in [-0.4, -0.2) is 186 Å². The highest BCUT2D eigenvalue weighted by molar-refractivity contribution is 6.76. The number of nitriles is 2. The van der Waals surface area contributed by atoms with Crippen molar-refractivity contribution < 1.29 is 23.9 Å². The van der Waals surface area contributed by atoms with Crippen molar-refractivity contribution in [2.75, 3.05) is 74.1 Å². The number of hydrogen-bond donors (Lipinski definition) is 3. The van der Waals surface area contributed by atoms with Crippen LogP contribution in [0.15, 0.2) is 61.2 Å². The maximum atomic E-state index is 13.7. The highest BCUT2D eigenvalue weighted by Crippen LogP contribution is 2.33. The number of nitrogens with one attached hydrogen (secondary N) is 3. The van der Waals surface area contributed by atoms with E-state index in [2.05, 4.69) is 62.2 Å². The van der Waals surface area contributed by atoms with Gasteiger partial charge in [-0.05, 0) is 84.5 Å². The molecule has 82 heavy (non-hydrogen) atoms.